The normalized spacial score (nSPS) is 14.8. The number of amides is 1. The van der Waals surface area contributed by atoms with E-state index in [0.29, 0.717) is 53.7 Å². The van der Waals surface area contributed by atoms with E-state index in [1.165, 1.54) is 0 Å². The van der Waals surface area contributed by atoms with Crippen molar-refractivity contribution in [1.29, 1.82) is 0 Å². The Labute approximate surface area is 229 Å². The number of rotatable bonds is 9. The number of nitrogens with zero attached hydrogens (tertiary/aromatic N) is 1. The first-order chi connectivity index (χ1) is 18.8. The highest BCUT2D eigenvalue weighted by Gasteiger charge is 2.43. The van der Waals surface area contributed by atoms with Gasteiger partial charge in [0.2, 0.25) is 5.76 Å². The van der Waals surface area contributed by atoms with Crippen molar-refractivity contribution in [3.8, 4) is 11.5 Å². The zero-order chi connectivity index (χ0) is 27.7. The fraction of sp³-hybridized carbons (Fsp3) is 0.333. The van der Waals surface area contributed by atoms with Crippen molar-refractivity contribution in [1.82, 2.24) is 4.90 Å². The van der Waals surface area contributed by atoms with Crippen LogP contribution in [0.5, 0.6) is 11.5 Å². The molecule has 0 fully saturated rings. The summed E-state index contributed by atoms with van der Waals surface area (Å²) in [5.74, 6) is 1.57. The fourth-order valence-electron chi connectivity index (χ4n) is 5.05. The summed E-state index contributed by atoms with van der Waals surface area (Å²) in [5.41, 5.74) is 4.35. The highest BCUT2D eigenvalue weighted by atomic mass is 16.5. The molecule has 0 bridgehead atoms. The van der Waals surface area contributed by atoms with Crippen molar-refractivity contribution in [2.75, 3.05) is 13.2 Å². The van der Waals surface area contributed by atoms with Crippen molar-refractivity contribution in [2.24, 2.45) is 5.92 Å². The Morgan fingerprint density at radius 1 is 0.923 bits per heavy atom. The summed E-state index contributed by atoms with van der Waals surface area (Å²) in [5, 5.41) is 0.481. The minimum Gasteiger partial charge on any atom is -0.490 e. The molecule has 1 aliphatic rings. The topological polar surface area (TPSA) is 69.0 Å². The molecule has 1 unspecified atom stereocenters. The Hall–Kier alpha value is -4.06. The molecule has 0 radical (unpaired) electrons. The SMILES string of the molecule is CCOc1cc(C2c3c(oc4cc(C)c(C)cc4c3=O)C(=O)N2Cc2ccccc2)ccc1OCCC(C)C. The molecule has 1 aromatic heterocycles. The Morgan fingerprint density at radius 2 is 1.67 bits per heavy atom. The molecule has 6 nitrogen and oxygen atoms in total. The largest absolute Gasteiger partial charge is 0.490 e. The molecule has 5 rings (SSSR count). The van der Waals surface area contributed by atoms with Gasteiger partial charge in [-0.1, -0.05) is 50.2 Å². The van der Waals surface area contributed by atoms with Crippen LogP contribution in [-0.4, -0.2) is 24.0 Å². The second kappa shape index (κ2) is 11.0. The van der Waals surface area contributed by atoms with Crippen LogP contribution >= 0.6 is 0 Å². The number of fused-ring (bicyclic) bond motifs is 2. The van der Waals surface area contributed by atoms with E-state index < -0.39 is 6.04 Å². The lowest BCUT2D eigenvalue weighted by molar-refractivity contribution is 0.0714. The number of ether oxygens (including phenoxy) is 2. The molecule has 2 heterocycles. The van der Waals surface area contributed by atoms with Gasteiger partial charge in [-0.15, -0.1) is 0 Å². The smallest absolute Gasteiger partial charge is 0.291 e. The average Bonchev–Trinajstić information content (AvgIpc) is 3.18. The Kier molecular flexibility index (Phi) is 7.47. The summed E-state index contributed by atoms with van der Waals surface area (Å²) in [6, 6.07) is 18.5. The summed E-state index contributed by atoms with van der Waals surface area (Å²) < 4.78 is 18.2. The highest BCUT2D eigenvalue weighted by Crippen LogP contribution is 2.42. The van der Waals surface area contributed by atoms with E-state index in [2.05, 4.69) is 13.8 Å². The van der Waals surface area contributed by atoms with Crippen LogP contribution in [0, 0.1) is 19.8 Å². The van der Waals surface area contributed by atoms with E-state index in [9.17, 15) is 9.59 Å². The number of benzene rings is 3. The summed E-state index contributed by atoms with van der Waals surface area (Å²) in [4.78, 5) is 29.6. The molecule has 202 valence electrons. The van der Waals surface area contributed by atoms with Gasteiger partial charge in [-0.3, -0.25) is 9.59 Å². The lowest BCUT2D eigenvalue weighted by Crippen LogP contribution is -2.29. The third-order valence-electron chi connectivity index (χ3n) is 7.31. The fourth-order valence-corrected chi connectivity index (χ4v) is 5.05. The van der Waals surface area contributed by atoms with E-state index in [0.717, 1.165) is 28.7 Å². The van der Waals surface area contributed by atoms with Crippen LogP contribution in [-0.2, 0) is 6.54 Å². The number of aryl methyl sites for hydroxylation is 2. The van der Waals surface area contributed by atoms with Gasteiger partial charge < -0.3 is 18.8 Å². The van der Waals surface area contributed by atoms with Crippen LogP contribution in [0.4, 0.5) is 0 Å². The first-order valence-electron chi connectivity index (χ1n) is 13.6. The standard InChI is InChI=1S/C33H35NO5/c1-6-37-28-18-24(12-13-26(28)38-15-14-20(2)3)30-29-31(35)25-16-21(4)22(5)17-27(25)39-32(29)33(36)34(30)19-23-10-8-7-9-11-23/h7-13,16-18,20,30H,6,14-15,19H2,1-5H3. The second-order valence-electron chi connectivity index (χ2n) is 10.6. The van der Waals surface area contributed by atoms with Gasteiger partial charge in [0.15, 0.2) is 16.9 Å². The van der Waals surface area contributed by atoms with Crippen molar-refractivity contribution in [3.63, 3.8) is 0 Å². The van der Waals surface area contributed by atoms with Gasteiger partial charge in [-0.2, -0.15) is 0 Å². The first-order valence-corrected chi connectivity index (χ1v) is 13.6. The van der Waals surface area contributed by atoms with E-state index in [1.807, 2.05) is 81.4 Å². The van der Waals surface area contributed by atoms with Crippen LogP contribution in [0.3, 0.4) is 0 Å². The first kappa shape index (κ1) is 26.5. The van der Waals surface area contributed by atoms with E-state index in [4.69, 9.17) is 13.9 Å². The molecular weight excluding hydrogens is 490 g/mol. The molecule has 39 heavy (non-hydrogen) atoms. The third kappa shape index (κ3) is 5.16. The Balaban J connectivity index is 1.66. The van der Waals surface area contributed by atoms with Gasteiger partial charge in [0, 0.05) is 6.54 Å². The van der Waals surface area contributed by atoms with Crippen LogP contribution in [0.25, 0.3) is 11.0 Å². The molecule has 0 N–H and O–H groups in total. The quantitative estimate of drug-likeness (QED) is 0.236. The predicted molar refractivity (Wildman–Crippen MR) is 153 cm³/mol. The molecule has 1 atom stereocenters. The number of carbonyl (C=O) groups excluding carboxylic acids is 1. The monoisotopic (exact) mass is 525 g/mol. The summed E-state index contributed by atoms with van der Waals surface area (Å²) >= 11 is 0. The molecule has 6 heteroatoms. The molecule has 1 aliphatic heterocycles. The van der Waals surface area contributed by atoms with E-state index in [1.54, 1.807) is 4.90 Å². The van der Waals surface area contributed by atoms with Crippen LogP contribution in [0.15, 0.2) is 69.9 Å². The molecule has 0 saturated heterocycles. The van der Waals surface area contributed by atoms with E-state index in [-0.39, 0.29) is 17.1 Å². The maximum Gasteiger partial charge on any atom is 0.291 e. The lowest BCUT2D eigenvalue weighted by atomic mass is 9.97. The number of hydrogen-bond donors (Lipinski definition) is 0. The second-order valence-corrected chi connectivity index (χ2v) is 10.6. The maximum atomic E-state index is 14.0. The highest BCUT2D eigenvalue weighted by molar-refractivity contribution is 5.99. The minimum absolute atomic E-state index is 0.104. The molecular formula is C33H35NO5. The van der Waals surface area contributed by atoms with E-state index >= 15 is 0 Å². The predicted octanol–water partition coefficient (Wildman–Crippen LogP) is 6.98. The van der Waals surface area contributed by atoms with Gasteiger partial charge in [0.05, 0.1) is 30.2 Å². The van der Waals surface area contributed by atoms with Gasteiger partial charge in [0.1, 0.15) is 5.58 Å². The molecule has 0 aliphatic carbocycles. The molecule has 0 spiro atoms. The Morgan fingerprint density at radius 3 is 2.38 bits per heavy atom. The van der Waals surface area contributed by atoms with Gasteiger partial charge in [-0.25, -0.2) is 0 Å². The van der Waals surface area contributed by atoms with Gasteiger partial charge >= 0.3 is 0 Å². The number of carbonyl (C=O) groups is 1. The average molecular weight is 526 g/mol. The van der Waals surface area contributed by atoms with Crippen molar-refractivity contribution >= 4 is 16.9 Å². The van der Waals surface area contributed by atoms with Gasteiger partial charge in [0.25, 0.3) is 5.91 Å². The van der Waals surface area contributed by atoms with Crippen LogP contribution < -0.4 is 14.9 Å². The molecule has 3 aromatic carbocycles. The molecule has 1 amide bonds. The Bertz CT molecular complexity index is 1570. The zero-order valence-corrected chi connectivity index (χ0v) is 23.2. The van der Waals surface area contributed by atoms with Crippen molar-refractivity contribution < 1.29 is 18.7 Å². The summed E-state index contributed by atoms with van der Waals surface area (Å²) in [6.45, 7) is 11.5. The van der Waals surface area contributed by atoms with Crippen molar-refractivity contribution in [2.45, 2.75) is 53.6 Å². The lowest BCUT2D eigenvalue weighted by Gasteiger charge is -2.26. The molecule has 0 saturated carbocycles. The summed E-state index contributed by atoms with van der Waals surface area (Å²) in [7, 11) is 0. The third-order valence-corrected chi connectivity index (χ3v) is 7.31. The van der Waals surface area contributed by atoms with Gasteiger partial charge in [-0.05, 0) is 79.6 Å². The number of hydrogen-bond acceptors (Lipinski definition) is 5. The maximum absolute atomic E-state index is 14.0. The van der Waals surface area contributed by atoms with Crippen LogP contribution in [0.2, 0.25) is 0 Å². The van der Waals surface area contributed by atoms with Crippen LogP contribution in [0.1, 0.15) is 71.6 Å². The minimum atomic E-state index is -0.626. The zero-order valence-electron chi connectivity index (χ0n) is 23.2. The molecule has 4 aromatic rings. The summed E-state index contributed by atoms with van der Waals surface area (Å²) in [6.07, 6.45) is 0.926. The van der Waals surface area contributed by atoms with Crippen molar-refractivity contribution in [3.05, 3.63) is 104 Å².